The van der Waals surface area contributed by atoms with Crippen LogP contribution in [-0.2, 0) is 0 Å². The highest BCUT2D eigenvalue weighted by atomic mass is 19.2. The number of carbonyl (C=O) groups is 1. The quantitative estimate of drug-likeness (QED) is 0.688. The maximum absolute atomic E-state index is 13.5. The second-order valence-electron chi connectivity index (χ2n) is 5.12. The number of benzene rings is 2. The summed E-state index contributed by atoms with van der Waals surface area (Å²) in [5.41, 5.74) is -0.0875. The third-order valence-electron chi connectivity index (χ3n) is 3.26. The third kappa shape index (κ3) is 3.94. The molecule has 3 aromatic rings. The lowest BCUT2D eigenvalue weighted by Crippen LogP contribution is -2.15. The maximum atomic E-state index is 13.5. The molecular formula is C17H10F4N4O. The van der Waals surface area contributed by atoms with Crippen LogP contribution in [0.3, 0.4) is 0 Å². The number of rotatable bonds is 4. The zero-order valence-electron chi connectivity index (χ0n) is 12.9. The number of anilines is 3. The van der Waals surface area contributed by atoms with Gasteiger partial charge in [0.15, 0.2) is 11.6 Å². The molecule has 26 heavy (non-hydrogen) atoms. The van der Waals surface area contributed by atoms with Crippen molar-refractivity contribution in [1.29, 1.82) is 0 Å². The second kappa shape index (κ2) is 7.18. The van der Waals surface area contributed by atoms with Gasteiger partial charge in [0.05, 0.1) is 18.1 Å². The highest BCUT2D eigenvalue weighted by molar-refractivity contribution is 6.02. The van der Waals surface area contributed by atoms with Gasteiger partial charge in [-0.2, -0.15) is 0 Å². The summed E-state index contributed by atoms with van der Waals surface area (Å²) >= 11 is 0. The van der Waals surface area contributed by atoms with Crippen LogP contribution in [0.15, 0.2) is 48.8 Å². The van der Waals surface area contributed by atoms with Crippen LogP contribution < -0.4 is 10.6 Å². The van der Waals surface area contributed by atoms with E-state index in [4.69, 9.17) is 0 Å². The molecule has 0 saturated carbocycles. The van der Waals surface area contributed by atoms with Crippen LogP contribution in [-0.4, -0.2) is 15.9 Å². The summed E-state index contributed by atoms with van der Waals surface area (Å²) in [7, 11) is 0. The van der Waals surface area contributed by atoms with Gasteiger partial charge in [0.2, 0.25) is 0 Å². The summed E-state index contributed by atoms with van der Waals surface area (Å²) in [5, 5.41) is 4.93. The van der Waals surface area contributed by atoms with Crippen molar-refractivity contribution in [2.75, 3.05) is 10.6 Å². The highest BCUT2D eigenvalue weighted by Crippen LogP contribution is 2.18. The summed E-state index contributed by atoms with van der Waals surface area (Å²) in [4.78, 5) is 19.8. The lowest BCUT2D eigenvalue weighted by Gasteiger charge is -2.08. The van der Waals surface area contributed by atoms with E-state index < -0.39 is 29.2 Å². The van der Waals surface area contributed by atoms with Crippen LogP contribution in [0.4, 0.5) is 34.8 Å². The molecule has 1 aromatic heterocycles. The monoisotopic (exact) mass is 362 g/mol. The van der Waals surface area contributed by atoms with E-state index in [9.17, 15) is 22.4 Å². The highest BCUT2D eigenvalue weighted by Gasteiger charge is 2.12. The molecule has 0 bridgehead atoms. The molecule has 9 heteroatoms. The molecule has 0 atom stereocenters. The van der Waals surface area contributed by atoms with Gasteiger partial charge >= 0.3 is 0 Å². The van der Waals surface area contributed by atoms with Crippen molar-refractivity contribution >= 4 is 23.1 Å². The van der Waals surface area contributed by atoms with E-state index in [1.807, 2.05) is 0 Å². The van der Waals surface area contributed by atoms with E-state index >= 15 is 0 Å². The first-order valence-corrected chi connectivity index (χ1v) is 7.23. The molecule has 1 heterocycles. The van der Waals surface area contributed by atoms with E-state index in [2.05, 4.69) is 20.6 Å². The van der Waals surface area contributed by atoms with Gasteiger partial charge in [0.25, 0.3) is 5.91 Å². The fraction of sp³-hybridized carbons (Fsp3) is 0. The number of hydrogen-bond acceptors (Lipinski definition) is 4. The largest absolute Gasteiger partial charge is 0.339 e. The molecule has 2 aromatic carbocycles. The van der Waals surface area contributed by atoms with Crippen molar-refractivity contribution in [1.82, 2.24) is 9.97 Å². The van der Waals surface area contributed by atoms with Crippen molar-refractivity contribution < 1.29 is 22.4 Å². The van der Waals surface area contributed by atoms with Gasteiger partial charge in [-0.05, 0) is 24.3 Å². The Kier molecular flexibility index (Phi) is 4.78. The fourth-order valence-corrected chi connectivity index (χ4v) is 2.01. The van der Waals surface area contributed by atoms with Crippen molar-refractivity contribution in [2.45, 2.75) is 0 Å². The molecule has 0 spiro atoms. The van der Waals surface area contributed by atoms with Crippen molar-refractivity contribution in [3.05, 3.63) is 77.8 Å². The third-order valence-corrected chi connectivity index (χ3v) is 3.26. The number of amides is 1. The lowest BCUT2D eigenvalue weighted by atomic mass is 10.3. The smallest absolute Gasteiger partial charge is 0.275 e. The Bertz CT molecular complexity index is 963. The normalized spacial score (nSPS) is 10.5. The molecule has 0 aliphatic heterocycles. The Hall–Kier alpha value is -3.49. The standard InChI is InChI=1S/C17H10F4N4O/c18-9-1-4-14(13(21)5-9)25-17(26)15-7-23-16(8-22-15)24-10-2-3-11(19)12(20)6-10/h1-8H,(H,23,24)(H,25,26). The van der Waals surface area contributed by atoms with Crippen molar-refractivity contribution in [3.8, 4) is 0 Å². The number of halogens is 4. The average molecular weight is 362 g/mol. The Morgan fingerprint density at radius 2 is 1.65 bits per heavy atom. The van der Waals surface area contributed by atoms with E-state index in [0.29, 0.717) is 6.07 Å². The van der Waals surface area contributed by atoms with Crippen LogP contribution in [0.25, 0.3) is 0 Å². The van der Waals surface area contributed by atoms with Gasteiger partial charge < -0.3 is 10.6 Å². The Morgan fingerprint density at radius 3 is 2.31 bits per heavy atom. The molecule has 3 rings (SSSR count). The first-order chi connectivity index (χ1) is 12.4. The molecular weight excluding hydrogens is 352 g/mol. The van der Waals surface area contributed by atoms with Crippen molar-refractivity contribution in [2.24, 2.45) is 0 Å². The topological polar surface area (TPSA) is 66.9 Å². The van der Waals surface area contributed by atoms with Crippen LogP contribution in [0.1, 0.15) is 10.5 Å². The van der Waals surface area contributed by atoms with E-state index in [1.165, 1.54) is 12.3 Å². The fourth-order valence-electron chi connectivity index (χ4n) is 2.01. The number of nitrogens with one attached hydrogen (secondary N) is 2. The second-order valence-corrected chi connectivity index (χ2v) is 5.12. The van der Waals surface area contributed by atoms with Crippen LogP contribution >= 0.6 is 0 Å². The van der Waals surface area contributed by atoms with Gasteiger partial charge in [-0.1, -0.05) is 0 Å². The molecule has 132 valence electrons. The molecule has 0 radical (unpaired) electrons. The first-order valence-electron chi connectivity index (χ1n) is 7.23. The predicted octanol–water partition coefficient (Wildman–Crippen LogP) is 4.03. The molecule has 0 fully saturated rings. The minimum atomic E-state index is -1.03. The van der Waals surface area contributed by atoms with Gasteiger partial charge in [-0.3, -0.25) is 4.79 Å². The van der Waals surface area contributed by atoms with Gasteiger partial charge in [0, 0.05) is 17.8 Å². The minimum Gasteiger partial charge on any atom is -0.339 e. The van der Waals surface area contributed by atoms with Crippen LogP contribution in [0, 0.1) is 23.3 Å². The Labute approximate surface area is 144 Å². The summed E-state index contributed by atoms with van der Waals surface area (Å²) < 4.78 is 52.4. The number of carbonyl (C=O) groups excluding carboxylic acids is 1. The average Bonchev–Trinajstić information content (AvgIpc) is 2.61. The maximum Gasteiger partial charge on any atom is 0.275 e. The molecule has 0 aliphatic rings. The summed E-state index contributed by atoms with van der Waals surface area (Å²) in [6.07, 6.45) is 2.30. The number of hydrogen-bond donors (Lipinski definition) is 2. The zero-order valence-corrected chi connectivity index (χ0v) is 12.9. The van der Waals surface area contributed by atoms with E-state index in [-0.39, 0.29) is 22.9 Å². The minimum absolute atomic E-state index is 0.121. The van der Waals surface area contributed by atoms with E-state index in [1.54, 1.807) is 0 Å². The SMILES string of the molecule is O=C(Nc1ccc(F)cc1F)c1cnc(Nc2ccc(F)c(F)c2)cn1. The molecule has 1 amide bonds. The summed E-state index contributed by atoms with van der Waals surface area (Å²) in [6, 6.07) is 5.90. The molecule has 0 aliphatic carbocycles. The predicted molar refractivity (Wildman–Crippen MR) is 86.0 cm³/mol. The molecule has 0 unspecified atom stereocenters. The van der Waals surface area contributed by atoms with Crippen molar-refractivity contribution in [3.63, 3.8) is 0 Å². The van der Waals surface area contributed by atoms with Crippen LogP contribution in [0.5, 0.6) is 0 Å². The lowest BCUT2D eigenvalue weighted by molar-refractivity contribution is 0.102. The van der Waals surface area contributed by atoms with Gasteiger partial charge in [-0.15, -0.1) is 0 Å². The first kappa shape index (κ1) is 17.3. The number of nitrogens with zero attached hydrogens (tertiary/aromatic N) is 2. The Balaban J connectivity index is 1.70. The molecule has 2 N–H and O–H groups in total. The summed E-state index contributed by atoms with van der Waals surface area (Å²) in [6.45, 7) is 0. The van der Waals surface area contributed by atoms with Gasteiger partial charge in [-0.25, -0.2) is 27.5 Å². The Morgan fingerprint density at radius 1 is 0.846 bits per heavy atom. The molecule has 5 nitrogen and oxygen atoms in total. The zero-order chi connectivity index (χ0) is 18.7. The van der Waals surface area contributed by atoms with E-state index in [0.717, 1.165) is 30.5 Å². The van der Waals surface area contributed by atoms with Gasteiger partial charge in [0.1, 0.15) is 23.1 Å². The van der Waals surface area contributed by atoms with Crippen LogP contribution in [0.2, 0.25) is 0 Å². The molecule has 0 saturated heterocycles. The number of aromatic nitrogens is 2. The summed E-state index contributed by atoms with van der Waals surface area (Å²) in [5.74, 6) is -4.28.